The third-order valence-corrected chi connectivity index (χ3v) is 9.32. The molecular formula is C26H34FN5O4S. The summed E-state index contributed by atoms with van der Waals surface area (Å²) < 4.78 is 40.9. The first kappa shape index (κ1) is 25.1. The molecule has 3 fully saturated rings. The number of nitrogens with zero attached hydrogens (tertiary/aromatic N) is 5. The molecule has 5 heterocycles. The van der Waals surface area contributed by atoms with Crippen molar-refractivity contribution < 1.29 is 22.9 Å². The van der Waals surface area contributed by atoms with Gasteiger partial charge >= 0.3 is 0 Å². The van der Waals surface area contributed by atoms with Crippen molar-refractivity contribution in [3.05, 3.63) is 35.3 Å². The largest absolute Gasteiger partial charge is 0.379 e. The van der Waals surface area contributed by atoms with Gasteiger partial charge in [-0.2, -0.15) is 5.10 Å². The smallest absolute Gasteiger partial charge is 0.274 e. The second-order valence-electron chi connectivity index (χ2n) is 10.2. The van der Waals surface area contributed by atoms with Gasteiger partial charge in [0.15, 0.2) is 5.69 Å². The molecule has 0 aliphatic carbocycles. The van der Waals surface area contributed by atoms with Crippen molar-refractivity contribution in [1.29, 1.82) is 0 Å². The fraction of sp³-hybridized carbons (Fsp3) is 0.615. The Morgan fingerprint density at radius 2 is 1.76 bits per heavy atom. The molecule has 2 atom stereocenters. The van der Waals surface area contributed by atoms with Gasteiger partial charge in [0.05, 0.1) is 59.6 Å². The van der Waals surface area contributed by atoms with E-state index in [1.165, 1.54) is 6.07 Å². The van der Waals surface area contributed by atoms with Gasteiger partial charge in [-0.05, 0) is 25.5 Å². The number of carbonyl (C=O) groups is 1. The number of carbonyl (C=O) groups excluding carboxylic acids is 1. The standard InChI is InChI=1S/C26H34FN5O4S/c27-22-5-1-4-20-24-21(18-37(34)25(20)22)23(26(33)31-11-15-36-16-12-31)28-32(24)19-3-2-6-30(17-19)8-7-29-9-13-35-14-10-29/h1,4-5,19H,2-3,6-18H2/t19-,37?/m1/s1. The molecule has 0 N–H and O–H groups in total. The van der Waals surface area contributed by atoms with Crippen LogP contribution < -0.4 is 0 Å². The molecule has 4 aliphatic rings. The van der Waals surface area contributed by atoms with E-state index in [0.29, 0.717) is 43.1 Å². The number of benzene rings is 1. The summed E-state index contributed by atoms with van der Waals surface area (Å²) >= 11 is 0. The van der Waals surface area contributed by atoms with Gasteiger partial charge in [0.1, 0.15) is 5.82 Å². The maximum Gasteiger partial charge on any atom is 0.274 e. The number of morpholine rings is 2. The minimum absolute atomic E-state index is 0.0566. The number of hydrogen-bond acceptors (Lipinski definition) is 7. The molecule has 2 aromatic rings. The normalized spacial score (nSPS) is 25.1. The Balaban J connectivity index is 1.33. The van der Waals surface area contributed by atoms with E-state index in [1.54, 1.807) is 11.0 Å². The highest BCUT2D eigenvalue weighted by Gasteiger charge is 2.37. The lowest BCUT2D eigenvalue weighted by Crippen LogP contribution is -2.44. The molecule has 0 spiro atoms. The molecule has 0 radical (unpaired) electrons. The van der Waals surface area contributed by atoms with Crippen molar-refractivity contribution in [2.75, 3.05) is 78.8 Å². The first-order chi connectivity index (χ1) is 18.1. The first-order valence-electron chi connectivity index (χ1n) is 13.3. The molecule has 1 aromatic carbocycles. The Kier molecular flexibility index (Phi) is 7.40. The molecule has 11 heteroatoms. The van der Waals surface area contributed by atoms with Crippen molar-refractivity contribution in [1.82, 2.24) is 24.5 Å². The van der Waals surface area contributed by atoms with Crippen molar-refractivity contribution in [2.45, 2.75) is 29.5 Å². The summed E-state index contributed by atoms with van der Waals surface area (Å²) in [5.74, 6) is -0.525. The number of fused-ring (bicyclic) bond motifs is 3. The molecule has 3 saturated heterocycles. The lowest BCUT2D eigenvalue weighted by atomic mass is 10.0. The van der Waals surface area contributed by atoms with E-state index in [-0.39, 0.29) is 22.6 Å². The van der Waals surface area contributed by atoms with Gasteiger partial charge < -0.3 is 14.4 Å². The molecule has 200 valence electrons. The second kappa shape index (κ2) is 10.9. The highest BCUT2D eigenvalue weighted by atomic mass is 32.2. The van der Waals surface area contributed by atoms with E-state index in [0.717, 1.165) is 71.0 Å². The van der Waals surface area contributed by atoms with Crippen LogP contribution in [0.4, 0.5) is 4.39 Å². The van der Waals surface area contributed by atoms with E-state index in [2.05, 4.69) is 9.80 Å². The third kappa shape index (κ3) is 4.99. The van der Waals surface area contributed by atoms with Gasteiger partial charge in [0.25, 0.3) is 5.91 Å². The van der Waals surface area contributed by atoms with E-state index in [4.69, 9.17) is 14.6 Å². The van der Waals surface area contributed by atoms with E-state index < -0.39 is 16.6 Å². The van der Waals surface area contributed by atoms with Gasteiger partial charge in [-0.25, -0.2) is 4.39 Å². The SMILES string of the molecule is O=C(c1nn([C@@H]2CCCN(CCN3CCOCC3)C2)c2c1CS(=O)c1c(F)cccc1-2)N1CCOCC1. The molecule has 1 aromatic heterocycles. The monoisotopic (exact) mass is 531 g/mol. The molecular weight excluding hydrogens is 497 g/mol. The predicted octanol–water partition coefficient (Wildman–Crippen LogP) is 1.75. The highest BCUT2D eigenvalue weighted by Crippen LogP contribution is 2.41. The maximum absolute atomic E-state index is 14.9. The number of hydrogen-bond donors (Lipinski definition) is 0. The van der Waals surface area contributed by atoms with Crippen LogP contribution in [-0.2, 0) is 26.0 Å². The Labute approximate surface area is 218 Å². The molecule has 9 nitrogen and oxygen atoms in total. The highest BCUT2D eigenvalue weighted by molar-refractivity contribution is 7.84. The summed E-state index contributed by atoms with van der Waals surface area (Å²) in [6.45, 7) is 9.34. The minimum Gasteiger partial charge on any atom is -0.379 e. The van der Waals surface area contributed by atoms with Gasteiger partial charge in [-0.15, -0.1) is 0 Å². The zero-order valence-corrected chi connectivity index (χ0v) is 21.9. The number of piperidine rings is 1. The lowest BCUT2D eigenvalue weighted by Gasteiger charge is -2.36. The number of likely N-dealkylation sites (tertiary alicyclic amines) is 1. The fourth-order valence-corrected chi connectivity index (χ4v) is 7.29. The van der Waals surface area contributed by atoms with Crippen LogP contribution in [0.5, 0.6) is 0 Å². The summed E-state index contributed by atoms with van der Waals surface area (Å²) in [4.78, 5) is 20.5. The zero-order valence-electron chi connectivity index (χ0n) is 21.1. The van der Waals surface area contributed by atoms with E-state index in [1.807, 2.05) is 10.7 Å². The Morgan fingerprint density at radius 1 is 1.03 bits per heavy atom. The molecule has 6 rings (SSSR count). The van der Waals surface area contributed by atoms with Crippen molar-refractivity contribution in [2.24, 2.45) is 0 Å². The average molecular weight is 532 g/mol. The van der Waals surface area contributed by atoms with Gasteiger partial charge in [-0.3, -0.25) is 23.5 Å². The van der Waals surface area contributed by atoms with Crippen LogP contribution in [-0.4, -0.2) is 113 Å². The van der Waals surface area contributed by atoms with Crippen LogP contribution in [0.3, 0.4) is 0 Å². The summed E-state index contributed by atoms with van der Waals surface area (Å²) in [7, 11) is -1.57. The predicted molar refractivity (Wildman–Crippen MR) is 136 cm³/mol. The molecule has 0 bridgehead atoms. The summed E-state index contributed by atoms with van der Waals surface area (Å²) in [5, 5.41) is 4.91. The number of amides is 1. The Hall–Kier alpha value is -2.18. The quantitative estimate of drug-likeness (QED) is 0.582. The fourth-order valence-electron chi connectivity index (χ4n) is 5.91. The number of rotatable bonds is 5. The summed E-state index contributed by atoms with van der Waals surface area (Å²) in [5.41, 5.74) is 2.38. The average Bonchev–Trinajstić information content (AvgIpc) is 3.32. The van der Waals surface area contributed by atoms with Gasteiger partial charge in [0.2, 0.25) is 0 Å². The topological polar surface area (TPSA) is 80.1 Å². The number of halogens is 1. The molecule has 37 heavy (non-hydrogen) atoms. The zero-order chi connectivity index (χ0) is 25.4. The van der Waals surface area contributed by atoms with Crippen LogP contribution in [0.2, 0.25) is 0 Å². The summed E-state index contributed by atoms with van der Waals surface area (Å²) in [6.07, 6.45) is 1.96. The minimum atomic E-state index is -1.57. The van der Waals surface area contributed by atoms with Crippen molar-refractivity contribution >= 4 is 16.7 Å². The lowest BCUT2D eigenvalue weighted by molar-refractivity contribution is 0.0294. The molecule has 4 aliphatic heterocycles. The van der Waals surface area contributed by atoms with Crippen LogP contribution in [0, 0.1) is 5.82 Å². The second-order valence-corrected chi connectivity index (χ2v) is 11.6. The Bertz CT molecular complexity index is 1180. The van der Waals surface area contributed by atoms with Crippen LogP contribution in [0.15, 0.2) is 23.1 Å². The Morgan fingerprint density at radius 3 is 2.54 bits per heavy atom. The summed E-state index contributed by atoms with van der Waals surface area (Å²) in [6, 6.07) is 4.88. The maximum atomic E-state index is 14.9. The first-order valence-corrected chi connectivity index (χ1v) is 14.6. The third-order valence-electron chi connectivity index (χ3n) is 7.90. The number of ether oxygens (including phenoxy) is 2. The van der Waals surface area contributed by atoms with Crippen LogP contribution >= 0.6 is 0 Å². The van der Waals surface area contributed by atoms with Crippen molar-refractivity contribution in [3.8, 4) is 11.3 Å². The number of aromatic nitrogens is 2. The van der Waals surface area contributed by atoms with E-state index >= 15 is 0 Å². The van der Waals surface area contributed by atoms with Crippen molar-refractivity contribution in [3.63, 3.8) is 0 Å². The molecule has 0 saturated carbocycles. The van der Waals surface area contributed by atoms with E-state index in [9.17, 15) is 13.4 Å². The molecule has 1 amide bonds. The molecule has 1 unspecified atom stereocenters. The van der Waals surface area contributed by atoms with Crippen LogP contribution in [0.1, 0.15) is 34.9 Å². The van der Waals surface area contributed by atoms with Gasteiger partial charge in [0, 0.05) is 56.9 Å². The van der Waals surface area contributed by atoms with Gasteiger partial charge in [-0.1, -0.05) is 12.1 Å². The van der Waals surface area contributed by atoms with Crippen LogP contribution in [0.25, 0.3) is 11.3 Å².